The van der Waals surface area contributed by atoms with Gasteiger partial charge in [-0.05, 0) is 25.6 Å². The van der Waals surface area contributed by atoms with E-state index in [0.29, 0.717) is 42.1 Å². The van der Waals surface area contributed by atoms with Crippen LogP contribution in [-0.2, 0) is 16.1 Å². The molecule has 2 aliphatic rings. The third-order valence-corrected chi connectivity index (χ3v) is 6.84. The van der Waals surface area contributed by atoms with E-state index in [1.54, 1.807) is 0 Å². The van der Waals surface area contributed by atoms with Gasteiger partial charge in [0.1, 0.15) is 5.69 Å². The quantitative estimate of drug-likeness (QED) is 0.176. The number of likely N-dealkylation sites (N-methyl/N-ethyl adjacent to an activating group) is 1. The summed E-state index contributed by atoms with van der Waals surface area (Å²) < 4.78 is 15.3. The number of halogens is 1. The fraction of sp³-hybridized carbons (Fsp3) is 0.714. The Hall–Kier alpha value is -1.98. The molecule has 1 aliphatic heterocycles. The Morgan fingerprint density at radius 3 is 2.62 bits per heavy atom. The molecule has 0 unspecified atom stereocenters. The first-order valence-corrected chi connectivity index (χ1v) is 12.4. The third-order valence-electron chi connectivity index (χ3n) is 6.29. The van der Waals surface area contributed by atoms with Gasteiger partial charge in [0.15, 0.2) is 16.8 Å². The summed E-state index contributed by atoms with van der Waals surface area (Å²) in [4.78, 5) is 36.5. The summed E-state index contributed by atoms with van der Waals surface area (Å²) in [6, 6.07) is 0. The van der Waals surface area contributed by atoms with Crippen LogP contribution < -0.4 is 10.2 Å². The maximum absolute atomic E-state index is 15.3. The number of anilines is 1. The number of nitrogens with one attached hydrogen (secondary N) is 1. The van der Waals surface area contributed by atoms with Gasteiger partial charge in [0, 0.05) is 26.2 Å². The predicted octanol–water partition coefficient (Wildman–Crippen LogP) is 1.75. The Balaban J connectivity index is 1.70. The number of piperazine rings is 1. The van der Waals surface area contributed by atoms with Crippen LogP contribution in [0.4, 0.5) is 10.2 Å². The first-order chi connectivity index (χ1) is 15.4. The molecule has 0 spiro atoms. The van der Waals surface area contributed by atoms with Crippen LogP contribution in [0.5, 0.6) is 0 Å². The smallest absolute Gasteiger partial charge is 0.233 e. The normalized spacial score (nSPS) is 18.6. The van der Waals surface area contributed by atoms with Crippen molar-refractivity contribution in [1.82, 2.24) is 25.2 Å². The molecule has 1 aromatic heterocycles. The average Bonchev–Trinajstić information content (AvgIpc) is 3.31. The monoisotopic (exact) mass is 468 g/mol. The lowest BCUT2D eigenvalue weighted by molar-refractivity contribution is -0.155. The lowest BCUT2D eigenvalue weighted by atomic mass is 9.92. The lowest BCUT2D eigenvalue weighted by Gasteiger charge is -2.33. The van der Waals surface area contributed by atoms with Gasteiger partial charge in [0.25, 0.3) is 0 Å². The molecular formula is C21H33FN6O3S. The van der Waals surface area contributed by atoms with Crippen LogP contribution in [0.15, 0.2) is 5.16 Å². The number of aromatic nitrogens is 2. The van der Waals surface area contributed by atoms with E-state index < -0.39 is 11.7 Å². The topological polar surface area (TPSA) is 102 Å². The van der Waals surface area contributed by atoms with E-state index in [4.69, 9.17) is 0 Å². The molecule has 178 valence electrons. The highest BCUT2D eigenvalue weighted by Crippen LogP contribution is 2.31. The number of hydroxylamine groups is 2. The molecule has 1 saturated heterocycles. The summed E-state index contributed by atoms with van der Waals surface area (Å²) in [5, 5.41) is 13.4. The van der Waals surface area contributed by atoms with Gasteiger partial charge in [-0.3, -0.25) is 14.8 Å². The Kier molecular flexibility index (Phi) is 9.06. The minimum absolute atomic E-state index is 0.0742. The second-order valence-electron chi connectivity index (χ2n) is 8.61. The Morgan fingerprint density at radius 2 is 2.00 bits per heavy atom. The number of carbonyl (C=O) groups excluding carboxylic acids is 2. The van der Waals surface area contributed by atoms with Gasteiger partial charge in [-0.15, -0.1) is 0 Å². The number of hydrogen-bond acceptors (Lipinski definition) is 8. The number of rotatable bonds is 10. The molecule has 32 heavy (non-hydrogen) atoms. The average molecular weight is 469 g/mol. The van der Waals surface area contributed by atoms with E-state index in [1.165, 1.54) is 11.8 Å². The van der Waals surface area contributed by atoms with Crippen LogP contribution in [0.1, 0.15) is 37.8 Å². The number of hydrogen-bond donors (Lipinski definition) is 2. The van der Waals surface area contributed by atoms with Crippen LogP contribution in [0.2, 0.25) is 0 Å². The maximum Gasteiger partial charge on any atom is 0.233 e. The molecule has 1 atom stereocenters. The molecule has 2 fully saturated rings. The van der Waals surface area contributed by atoms with Gasteiger partial charge in [0.2, 0.25) is 12.3 Å². The summed E-state index contributed by atoms with van der Waals surface area (Å²) in [5.41, 5.74) is 0.141. The number of amides is 2. The molecule has 0 radical (unpaired) electrons. The third kappa shape index (κ3) is 6.52. The lowest BCUT2D eigenvalue weighted by Crippen LogP contribution is -2.45. The van der Waals surface area contributed by atoms with Crippen molar-refractivity contribution in [2.75, 3.05) is 50.9 Å². The standard InChI is InChI=1S/C21H33FN6O3S/c1-26-7-9-27(10-8-26)19-18(22)17(24-21(25-19)32-2)12-23-20(30)16(13-28(31)14-29)11-15-5-3-4-6-15/h14-16,31H,3-13H2,1-2H3,(H,23,30)/t16-/m1/s1. The summed E-state index contributed by atoms with van der Waals surface area (Å²) in [6.45, 7) is 2.83. The second kappa shape index (κ2) is 11.8. The van der Waals surface area contributed by atoms with Crippen molar-refractivity contribution in [3.63, 3.8) is 0 Å². The van der Waals surface area contributed by atoms with E-state index in [9.17, 15) is 14.8 Å². The summed E-state index contributed by atoms with van der Waals surface area (Å²) >= 11 is 1.33. The molecule has 2 N–H and O–H groups in total. The zero-order valence-corrected chi connectivity index (χ0v) is 19.6. The van der Waals surface area contributed by atoms with E-state index in [2.05, 4.69) is 20.2 Å². The van der Waals surface area contributed by atoms with Crippen LogP contribution >= 0.6 is 11.8 Å². The van der Waals surface area contributed by atoms with Crippen LogP contribution in [0, 0.1) is 17.7 Å². The predicted molar refractivity (Wildman–Crippen MR) is 120 cm³/mol. The number of carbonyl (C=O) groups is 2. The summed E-state index contributed by atoms with van der Waals surface area (Å²) in [5.74, 6) is -0.727. The molecule has 3 rings (SSSR count). The highest BCUT2D eigenvalue weighted by Gasteiger charge is 2.28. The van der Waals surface area contributed by atoms with Gasteiger partial charge < -0.3 is 15.1 Å². The van der Waals surface area contributed by atoms with Crippen LogP contribution in [-0.4, -0.2) is 83.5 Å². The minimum Gasteiger partial charge on any atom is -0.351 e. The molecule has 0 bridgehead atoms. The fourth-order valence-corrected chi connectivity index (χ4v) is 4.77. The zero-order chi connectivity index (χ0) is 23.1. The largest absolute Gasteiger partial charge is 0.351 e. The van der Waals surface area contributed by atoms with Gasteiger partial charge in [-0.1, -0.05) is 37.4 Å². The number of nitrogens with zero attached hydrogens (tertiary/aromatic N) is 5. The molecule has 1 aliphatic carbocycles. The first kappa shape index (κ1) is 24.7. The molecule has 2 heterocycles. The Morgan fingerprint density at radius 1 is 1.31 bits per heavy atom. The van der Waals surface area contributed by atoms with Crippen molar-refractivity contribution in [3.8, 4) is 0 Å². The van der Waals surface area contributed by atoms with Crippen molar-refractivity contribution < 1.29 is 19.2 Å². The maximum atomic E-state index is 15.3. The molecule has 0 aromatic carbocycles. The zero-order valence-electron chi connectivity index (χ0n) is 18.8. The van der Waals surface area contributed by atoms with Crippen LogP contribution in [0.25, 0.3) is 0 Å². The fourth-order valence-electron chi connectivity index (χ4n) is 4.39. The van der Waals surface area contributed by atoms with Gasteiger partial charge in [-0.2, -0.15) is 0 Å². The van der Waals surface area contributed by atoms with Crippen molar-refractivity contribution in [1.29, 1.82) is 0 Å². The molecule has 9 nitrogen and oxygen atoms in total. The van der Waals surface area contributed by atoms with E-state index in [-0.39, 0.29) is 30.5 Å². The molecule has 2 amide bonds. The molecule has 1 aromatic rings. The Bertz CT molecular complexity index is 787. The first-order valence-electron chi connectivity index (χ1n) is 11.1. The van der Waals surface area contributed by atoms with Crippen LogP contribution in [0.3, 0.4) is 0 Å². The van der Waals surface area contributed by atoms with Crippen molar-refractivity contribution >= 4 is 29.9 Å². The number of thioether (sulfide) groups is 1. The highest BCUT2D eigenvalue weighted by atomic mass is 32.2. The van der Waals surface area contributed by atoms with Crippen molar-refractivity contribution in [2.24, 2.45) is 11.8 Å². The SMILES string of the molecule is CSc1nc(CNC(=O)[C@H](CC2CCCC2)CN(O)C=O)c(F)c(N2CCN(C)CC2)n1. The summed E-state index contributed by atoms with van der Waals surface area (Å²) in [6.07, 6.45) is 7.07. The molecule has 1 saturated carbocycles. The van der Waals surface area contributed by atoms with Gasteiger partial charge >= 0.3 is 0 Å². The van der Waals surface area contributed by atoms with E-state index in [0.717, 1.165) is 38.8 Å². The Labute approximate surface area is 192 Å². The summed E-state index contributed by atoms with van der Waals surface area (Å²) in [7, 11) is 2.03. The van der Waals surface area contributed by atoms with Crippen molar-refractivity contribution in [3.05, 3.63) is 11.5 Å². The second-order valence-corrected chi connectivity index (χ2v) is 9.39. The van der Waals surface area contributed by atoms with Gasteiger partial charge in [-0.25, -0.2) is 19.4 Å². The molecular weight excluding hydrogens is 435 g/mol. The minimum atomic E-state index is -0.560. The molecule has 11 heteroatoms. The van der Waals surface area contributed by atoms with E-state index in [1.807, 2.05) is 18.2 Å². The van der Waals surface area contributed by atoms with Gasteiger partial charge in [0.05, 0.1) is 19.0 Å². The van der Waals surface area contributed by atoms with E-state index >= 15 is 4.39 Å². The highest BCUT2D eigenvalue weighted by molar-refractivity contribution is 7.98. The van der Waals surface area contributed by atoms with Crippen molar-refractivity contribution in [2.45, 2.75) is 43.8 Å².